The maximum absolute atomic E-state index is 14.0. The van der Waals surface area contributed by atoms with E-state index >= 15 is 0 Å². The largest absolute Gasteiger partial charge is 0.465 e. The predicted octanol–water partition coefficient (Wildman–Crippen LogP) is 2.15. The third kappa shape index (κ3) is 2.27. The SMILES string of the molecule is COC(=O)c1cc(F)c2nc(C3CCOCC3)cn2c1. The van der Waals surface area contributed by atoms with Gasteiger partial charge in [0.1, 0.15) is 0 Å². The summed E-state index contributed by atoms with van der Waals surface area (Å²) in [6, 6.07) is 1.15. The van der Waals surface area contributed by atoms with E-state index in [0.717, 1.165) is 24.6 Å². The molecule has 3 heterocycles. The van der Waals surface area contributed by atoms with Crippen molar-refractivity contribution in [3.05, 3.63) is 35.5 Å². The van der Waals surface area contributed by atoms with Crippen LogP contribution >= 0.6 is 0 Å². The van der Waals surface area contributed by atoms with Crippen molar-refractivity contribution in [2.24, 2.45) is 0 Å². The van der Waals surface area contributed by atoms with Gasteiger partial charge in [-0.1, -0.05) is 0 Å². The highest BCUT2D eigenvalue weighted by molar-refractivity contribution is 5.89. The highest BCUT2D eigenvalue weighted by Crippen LogP contribution is 2.27. The Bertz CT molecular complexity index is 647. The molecule has 0 unspecified atom stereocenters. The molecule has 0 radical (unpaired) electrons. The summed E-state index contributed by atoms with van der Waals surface area (Å²) in [5.41, 5.74) is 1.25. The average molecular weight is 278 g/mol. The van der Waals surface area contributed by atoms with Crippen LogP contribution in [0.4, 0.5) is 4.39 Å². The van der Waals surface area contributed by atoms with Gasteiger partial charge in [-0.05, 0) is 18.9 Å². The minimum Gasteiger partial charge on any atom is -0.465 e. The first-order valence-electron chi connectivity index (χ1n) is 6.53. The first-order valence-corrected chi connectivity index (χ1v) is 6.53. The highest BCUT2D eigenvalue weighted by Gasteiger charge is 2.20. The van der Waals surface area contributed by atoms with E-state index in [4.69, 9.17) is 4.74 Å². The van der Waals surface area contributed by atoms with Crippen molar-refractivity contribution >= 4 is 11.6 Å². The molecule has 1 saturated heterocycles. The number of pyridine rings is 1. The lowest BCUT2D eigenvalue weighted by molar-refractivity contribution is 0.0599. The van der Waals surface area contributed by atoms with E-state index in [1.807, 2.05) is 0 Å². The first kappa shape index (κ1) is 13.1. The van der Waals surface area contributed by atoms with Gasteiger partial charge in [0.15, 0.2) is 11.5 Å². The van der Waals surface area contributed by atoms with Crippen LogP contribution < -0.4 is 0 Å². The predicted molar refractivity (Wildman–Crippen MR) is 69.3 cm³/mol. The molecule has 0 aromatic carbocycles. The monoisotopic (exact) mass is 278 g/mol. The lowest BCUT2D eigenvalue weighted by atomic mass is 9.97. The molecule has 1 fully saturated rings. The molecular weight excluding hydrogens is 263 g/mol. The second kappa shape index (κ2) is 5.20. The van der Waals surface area contributed by atoms with Crippen molar-refractivity contribution in [2.75, 3.05) is 20.3 Å². The molecular formula is C14H15FN2O3. The van der Waals surface area contributed by atoms with Crippen LogP contribution in [0.2, 0.25) is 0 Å². The third-order valence-corrected chi connectivity index (χ3v) is 3.59. The second-order valence-electron chi connectivity index (χ2n) is 4.85. The number of fused-ring (bicyclic) bond motifs is 1. The van der Waals surface area contributed by atoms with E-state index in [1.165, 1.54) is 7.11 Å². The van der Waals surface area contributed by atoms with Gasteiger partial charge in [0.2, 0.25) is 0 Å². The molecule has 0 saturated carbocycles. The molecule has 1 aliphatic rings. The number of nitrogens with zero attached hydrogens (tertiary/aromatic N) is 2. The minimum absolute atomic E-state index is 0.174. The maximum atomic E-state index is 14.0. The number of hydrogen-bond donors (Lipinski definition) is 0. The second-order valence-corrected chi connectivity index (χ2v) is 4.85. The first-order chi connectivity index (χ1) is 9.69. The van der Waals surface area contributed by atoms with E-state index in [-0.39, 0.29) is 17.1 Å². The van der Waals surface area contributed by atoms with Crippen molar-refractivity contribution in [1.29, 1.82) is 0 Å². The van der Waals surface area contributed by atoms with Gasteiger partial charge in [0.25, 0.3) is 0 Å². The van der Waals surface area contributed by atoms with Gasteiger partial charge in [-0.15, -0.1) is 0 Å². The van der Waals surface area contributed by atoms with E-state index in [2.05, 4.69) is 9.72 Å². The Hall–Kier alpha value is -1.95. The standard InChI is InChI=1S/C14H15FN2O3/c1-19-14(18)10-6-11(15)13-16-12(8-17(13)7-10)9-2-4-20-5-3-9/h6-9H,2-5H2,1H3. The molecule has 0 N–H and O–H groups in total. The topological polar surface area (TPSA) is 52.8 Å². The van der Waals surface area contributed by atoms with Crippen LogP contribution in [0.5, 0.6) is 0 Å². The molecule has 1 aliphatic heterocycles. The van der Waals surface area contributed by atoms with E-state index in [1.54, 1.807) is 16.8 Å². The zero-order valence-electron chi connectivity index (χ0n) is 11.1. The maximum Gasteiger partial charge on any atom is 0.339 e. The fraction of sp³-hybridized carbons (Fsp3) is 0.429. The lowest BCUT2D eigenvalue weighted by Crippen LogP contribution is -2.14. The quantitative estimate of drug-likeness (QED) is 0.790. The van der Waals surface area contributed by atoms with Gasteiger partial charge in [-0.25, -0.2) is 14.2 Å². The van der Waals surface area contributed by atoms with Gasteiger partial charge >= 0.3 is 5.97 Å². The number of hydrogen-bond acceptors (Lipinski definition) is 4. The van der Waals surface area contributed by atoms with E-state index in [9.17, 15) is 9.18 Å². The lowest BCUT2D eigenvalue weighted by Gasteiger charge is -2.19. The van der Waals surface area contributed by atoms with Crippen molar-refractivity contribution in [2.45, 2.75) is 18.8 Å². The summed E-state index contributed by atoms with van der Waals surface area (Å²) in [5.74, 6) is -0.803. The van der Waals surface area contributed by atoms with Crippen molar-refractivity contribution in [3.8, 4) is 0 Å². The van der Waals surface area contributed by atoms with Crippen LogP contribution in [-0.4, -0.2) is 35.7 Å². The van der Waals surface area contributed by atoms with E-state index < -0.39 is 11.8 Å². The number of halogens is 1. The number of imidazole rings is 1. The highest BCUT2D eigenvalue weighted by atomic mass is 19.1. The van der Waals surface area contributed by atoms with Gasteiger partial charge in [0.05, 0.1) is 18.4 Å². The Morgan fingerprint density at radius 1 is 1.45 bits per heavy atom. The molecule has 0 spiro atoms. The van der Waals surface area contributed by atoms with Crippen molar-refractivity contribution in [3.63, 3.8) is 0 Å². The molecule has 0 atom stereocenters. The number of aromatic nitrogens is 2. The molecule has 5 nitrogen and oxygen atoms in total. The average Bonchev–Trinajstić information content (AvgIpc) is 2.92. The van der Waals surface area contributed by atoms with Crippen molar-refractivity contribution in [1.82, 2.24) is 9.38 Å². The third-order valence-electron chi connectivity index (χ3n) is 3.59. The minimum atomic E-state index is -0.563. The summed E-state index contributed by atoms with van der Waals surface area (Å²) < 4.78 is 25.5. The summed E-state index contributed by atoms with van der Waals surface area (Å²) in [7, 11) is 1.27. The zero-order valence-corrected chi connectivity index (χ0v) is 11.1. The molecule has 3 rings (SSSR count). The number of methoxy groups -OCH3 is 1. The Morgan fingerprint density at radius 3 is 2.90 bits per heavy atom. The normalized spacial score (nSPS) is 16.5. The van der Waals surface area contributed by atoms with Crippen LogP contribution in [0.25, 0.3) is 5.65 Å². The van der Waals surface area contributed by atoms with Crippen LogP contribution in [0.3, 0.4) is 0 Å². The number of esters is 1. The van der Waals surface area contributed by atoms with E-state index in [0.29, 0.717) is 13.2 Å². The summed E-state index contributed by atoms with van der Waals surface area (Å²) in [5, 5.41) is 0. The number of carbonyl (C=O) groups excluding carboxylic acids is 1. The summed E-state index contributed by atoms with van der Waals surface area (Å²) in [6.45, 7) is 1.41. The Kier molecular flexibility index (Phi) is 3.40. The molecule has 0 bridgehead atoms. The van der Waals surface area contributed by atoms with Crippen LogP contribution in [0.1, 0.15) is 34.8 Å². The number of ether oxygens (including phenoxy) is 2. The van der Waals surface area contributed by atoms with Gasteiger partial charge in [-0.2, -0.15) is 0 Å². The zero-order chi connectivity index (χ0) is 14.1. The summed E-state index contributed by atoms with van der Waals surface area (Å²) in [4.78, 5) is 15.8. The van der Waals surface area contributed by atoms with Crippen LogP contribution in [0, 0.1) is 5.82 Å². The number of carbonyl (C=O) groups is 1. The van der Waals surface area contributed by atoms with Crippen molar-refractivity contribution < 1.29 is 18.7 Å². The number of rotatable bonds is 2. The van der Waals surface area contributed by atoms with Gasteiger partial charge in [-0.3, -0.25) is 0 Å². The van der Waals surface area contributed by atoms with Gasteiger partial charge < -0.3 is 13.9 Å². The van der Waals surface area contributed by atoms with Gasteiger partial charge in [0, 0.05) is 31.5 Å². The molecule has 2 aromatic rings. The summed E-state index contributed by atoms with van der Waals surface area (Å²) in [6.07, 6.45) is 5.09. The molecule has 20 heavy (non-hydrogen) atoms. The molecule has 6 heteroatoms. The Morgan fingerprint density at radius 2 is 2.20 bits per heavy atom. The fourth-order valence-corrected chi connectivity index (χ4v) is 2.50. The summed E-state index contributed by atoms with van der Waals surface area (Å²) >= 11 is 0. The van der Waals surface area contributed by atoms with Crippen LogP contribution in [-0.2, 0) is 9.47 Å². The molecule has 2 aromatic heterocycles. The molecule has 0 amide bonds. The fourth-order valence-electron chi connectivity index (χ4n) is 2.50. The Balaban J connectivity index is 2.01. The smallest absolute Gasteiger partial charge is 0.339 e. The Labute approximate surface area is 115 Å². The molecule has 106 valence electrons. The van der Waals surface area contributed by atoms with Crippen LogP contribution in [0.15, 0.2) is 18.5 Å². The molecule has 0 aliphatic carbocycles.